The molecule has 2 N–H and O–H groups in total. The van der Waals surface area contributed by atoms with Gasteiger partial charge in [-0.25, -0.2) is 0 Å². The van der Waals surface area contributed by atoms with Crippen LogP contribution in [-0.2, 0) is 9.59 Å². The van der Waals surface area contributed by atoms with Gasteiger partial charge in [-0.15, -0.1) is 0 Å². The third-order valence-corrected chi connectivity index (χ3v) is 4.37. The Bertz CT molecular complexity index is 627. The molecule has 3 rings (SSSR count). The molecule has 6 heteroatoms. The Morgan fingerprint density at radius 2 is 1.81 bits per heavy atom. The smallest absolute Gasteiger partial charge is 0.264 e. The first kappa shape index (κ1) is 13.9. The minimum Gasteiger partial charge on any atom is -0.371 e. The van der Waals surface area contributed by atoms with Crippen molar-refractivity contribution in [3.8, 4) is 0 Å². The molecule has 0 bridgehead atoms. The van der Waals surface area contributed by atoms with Crippen molar-refractivity contribution in [1.29, 1.82) is 5.41 Å². The second-order valence-electron chi connectivity index (χ2n) is 5.01. The normalized spacial score (nSPS) is 21.0. The fourth-order valence-corrected chi connectivity index (χ4v) is 3.09. The highest BCUT2D eigenvalue weighted by molar-refractivity contribution is 8.18. The number of carbonyl (C=O) groups excluding carboxylic acids is 2. The Balaban J connectivity index is 1.72. The maximum Gasteiger partial charge on any atom is 0.264 e. The summed E-state index contributed by atoms with van der Waals surface area (Å²) >= 11 is 1.14. The minimum atomic E-state index is -0.219. The molecule has 1 aromatic carbocycles. The fraction of sp³-hybridized carbons (Fsp3) is 0.267. The van der Waals surface area contributed by atoms with Crippen molar-refractivity contribution in [2.45, 2.75) is 12.8 Å². The summed E-state index contributed by atoms with van der Waals surface area (Å²) in [4.78, 5) is 25.5. The highest BCUT2D eigenvalue weighted by Crippen LogP contribution is 2.26. The van der Waals surface area contributed by atoms with Crippen LogP contribution in [0.15, 0.2) is 29.2 Å². The van der Waals surface area contributed by atoms with Gasteiger partial charge in [-0.1, -0.05) is 12.1 Å². The Labute approximate surface area is 126 Å². The van der Waals surface area contributed by atoms with Crippen molar-refractivity contribution in [3.63, 3.8) is 0 Å². The molecule has 2 saturated heterocycles. The Morgan fingerprint density at radius 1 is 1.14 bits per heavy atom. The highest BCUT2D eigenvalue weighted by atomic mass is 32.2. The van der Waals surface area contributed by atoms with Gasteiger partial charge in [0, 0.05) is 31.6 Å². The maximum absolute atomic E-state index is 11.6. The molecule has 0 radical (unpaired) electrons. The molecule has 0 unspecified atom stereocenters. The number of amidine groups is 1. The third kappa shape index (κ3) is 3.16. The molecule has 0 aliphatic carbocycles. The van der Waals surface area contributed by atoms with E-state index in [2.05, 4.69) is 10.2 Å². The molecule has 2 aliphatic heterocycles. The summed E-state index contributed by atoms with van der Waals surface area (Å²) in [6, 6.07) is 7.92. The number of anilines is 1. The molecule has 0 saturated carbocycles. The second kappa shape index (κ2) is 5.73. The van der Waals surface area contributed by atoms with Crippen LogP contribution in [0.3, 0.4) is 0 Å². The molecule has 1 amide bonds. The topological polar surface area (TPSA) is 73.3 Å². The van der Waals surface area contributed by atoms with E-state index in [1.54, 1.807) is 6.08 Å². The molecule has 108 valence electrons. The molecule has 0 atom stereocenters. The van der Waals surface area contributed by atoms with Crippen LogP contribution in [0.25, 0.3) is 6.08 Å². The van der Waals surface area contributed by atoms with E-state index < -0.39 is 0 Å². The number of hydrogen-bond donors (Lipinski definition) is 2. The molecule has 0 aromatic heterocycles. The van der Waals surface area contributed by atoms with Gasteiger partial charge in [-0.05, 0) is 35.5 Å². The van der Waals surface area contributed by atoms with Gasteiger partial charge >= 0.3 is 0 Å². The van der Waals surface area contributed by atoms with Gasteiger partial charge in [0.2, 0.25) is 0 Å². The van der Waals surface area contributed by atoms with Gasteiger partial charge < -0.3 is 10.2 Å². The second-order valence-corrected chi connectivity index (χ2v) is 6.06. The zero-order valence-electron chi connectivity index (χ0n) is 11.4. The van der Waals surface area contributed by atoms with E-state index in [-0.39, 0.29) is 11.1 Å². The first-order valence-electron chi connectivity index (χ1n) is 6.78. The molecule has 0 spiro atoms. The van der Waals surface area contributed by atoms with E-state index in [9.17, 15) is 9.59 Å². The van der Waals surface area contributed by atoms with Crippen LogP contribution in [0, 0.1) is 5.41 Å². The molecule has 2 heterocycles. The van der Waals surface area contributed by atoms with Crippen molar-refractivity contribution in [1.82, 2.24) is 5.32 Å². The quantitative estimate of drug-likeness (QED) is 0.819. The number of amides is 1. The van der Waals surface area contributed by atoms with E-state index in [4.69, 9.17) is 5.41 Å². The first-order chi connectivity index (χ1) is 10.1. The van der Waals surface area contributed by atoms with E-state index in [0.29, 0.717) is 23.5 Å². The molecular weight excluding hydrogens is 286 g/mol. The van der Waals surface area contributed by atoms with Gasteiger partial charge in [0.15, 0.2) is 5.17 Å². The number of nitrogens with zero attached hydrogens (tertiary/aromatic N) is 1. The Kier molecular flexibility index (Phi) is 3.79. The number of ketones is 1. The fourth-order valence-electron chi connectivity index (χ4n) is 2.39. The summed E-state index contributed by atoms with van der Waals surface area (Å²) < 4.78 is 0. The lowest BCUT2D eigenvalue weighted by molar-refractivity contribution is -0.119. The molecular formula is C15H15N3O2S. The van der Waals surface area contributed by atoms with Crippen molar-refractivity contribution in [3.05, 3.63) is 34.7 Å². The highest BCUT2D eigenvalue weighted by Gasteiger charge is 2.22. The lowest BCUT2D eigenvalue weighted by Crippen LogP contribution is -2.33. The SMILES string of the molecule is N=C1NC(=O)/C(=C\c2ccc(N3CCC(=O)CC3)cc2)S1. The van der Waals surface area contributed by atoms with Gasteiger partial charge in [-0.3, -0.25) is 15.0 Å². The number of benzene rings is 1. The predicted octanol–water partition coefficient (Wildman–Crippen LogP) is 1.99. The number of thioether (sulfide) groups is 1. The molecule has 2 fully saturated rings. The summed E-state index contributed by atoms with van der Waals surface area (Å²) in [7, 11) is 0. The zero-order valence-corrected chi connectivity index (χ0v) is 12.2. The largest absolute Gasteiger partial charge is 0.371 e. The summed E-state index contributed by atoms with van der Waals surface area (Å²) in [6.45, 7) is 1.55. The molecule has 1 aromatic rings. The molecule has 2 aliphatic rings. The zero-order chi connectivity index (χ0) is 14.8. The number of Topliss-reactive ketones (excluding diaryl/α,β-unsaturated/α-hetero) is 1. The van der Waals surface area contributed by atoms with Crippen molar-refractivity contribution < 1.29 is 9.59 Å². The van der Waals surface area contributed by atoms with Crippen molar-refractivity contribution >= 4 is 40.4 Å². The lowest BCUT2D eigenvalue weighted by atomic mass is 10.1. The van der Waals surface area contributed by atoms with Crippen molar-refractivity contribution in [2.75, 3.05) is 18.0 Å². The summed E-state index contributed by atoms with van der Waals surface area (Å²) in [5, 5.41) is 10.0. The van der Waals surface area contributed by atoms with E-state index in [1.165, 1.54) is 0 Å². The van der Waals surface area contributed by atoms with E-state index >= 15 is 0 Å². The van der Waals surface area contributed by atoms with Crippen molar-refractivity contribution in [2.24, 2.45) is 0 Å². The van der Waals surface area contributed by atoms with Gasteiger partial charge in [-0.2, -0.15) is 0 Å². The van der Waals surface area contributed by atoms with Gasteiger partial charge in [0.05, 0.1) is 4.91 Å². The lowest BCUT2D eigenvalue weighted by Gasteiger charge is -2.28. The van der Waals surface area contributed by atoms with Crippen LogP contribution in [0.1, 0.15) is 18.4 Å². The van der Waals surface area contributed by atoms with Crippen LogP contribution in [0.4, 0.5) is 5.69 Å². The van der Waals surface area contributed by atoms with Crippen LogP contribution in [-0.4, -0.2) is 29.9 Å². The van der Waals surface area contributed by atoms with E-state index in [1.807, 2.05) is 24.3 Å². The average Bonchev–Trinajstić information content (AvgIpc) is 2.79. The molecule has 21 heavy (non-hydrogen) atoms. The van der Waals surface area contributed by atoms with E-state index in [0.717, 1.165) is 36.1 Å². The summed E-state index contributed by atoms with van der Waals surface area (Å²) in [6.07, 6.45) is 3.01. The summed E-state index contributed by atoms with van der Waals surface area (Å²) in [5.41, 5.74) is 2.03. The minimum absolute atomic E-state index is 0.167. The summed E-state index contributed by atoms with van der Waals surface area (Å²) in [5.74, 6) is 0.114. The molecule has 5 nitrogen and oxygen atoms in total. The number of piperidine rings is 1. The number of rotatable bonds is 2. The van der Waals surface area contributed by atoms with Crippen LogP contribution >= 0.6 is 11.8 Å². The first-order valence-corrected chi connectivity index (χ1v) is 7.59. The Hall–Kier alpha value is -2.08. The third-order valence-electron chi connectivity index (χ3n) is 3.54. The number of hydrogen-bond acceptors (Lipinski definition) is 5. The Morgan fingerprint density at radius 3 is 2.38 bits per heavy atom. The van der Waals surface area contributed by atoms with Crippen LogP contribution in [0.2, 0.25) is 0 Å². The van der Waals surface area contributed by atoms with Gasteiger partial charge in [0.1, 0.15) is 5.78 Å². The monoisotopic (exact) mass is 301 g/mol. The standard InChI is InChI=1S/C15H15N3O2S/c16-15-17-14(20)13(21-15)9-10-1-3-11(4-2-10)18-7-5-12(19)6-8-18/h1-4,9H,5-8H2,(H2,16,17,20)/b13-9+. The van der Waals surface area contributed by atoms with Gasteiger partial charge in [0.25, 0.3) is 5.91 Å². The number of carbonyl (C=O) groups is 2. The predicted molar refractivity (Wildman–Crippen MR) is 84.3 cm³/mol. The van der Waals surface area contributed by atoms with Crippen LogP contribution < -0.4 is 10.2 Å². The number of nitrogens with one attached hydrogen (secondary N) is 2. The average molecular weight is 301 g/mol. The maximum atomic E-state index is 11.6. The van der Waals surface area contributed by atoms with Crippen LogP contribution in [0.5, 0.6) is 0 Å².